The van der Waals surface area contributed by atoms with E-state index in [0.29, 0.717) is 6.61 Å². The molecule has 1 rings (SSSR count). The Morgan fingerprint density at radius 2 is 1.90 bits per heavy atom. The summed E-state index contributed by atoms with van der Waals surface area (Å²) in [7, 11) is 3.30. The van der Waals surface area contributed by atoms with Crippen LogP contribution in [-0.2, 0) is 11.2 Å². The molecule has 0 saturated heterocycles. The van der Waals surface area contributed by atoms with Gasteiger partial charge in [0.15, 0.2) is 0 Å². The van der Waals surface area contributed by atoms with E-state index in [1.165, 1.54) is 5.56 Å². The lowest BCUT2D eigenvalue weighted by Gasteiger charge is -1.97. The van der Waals surface area contributed by atoms with Gasteiger partial charge in [0, 0.05) is 0 Å². The maximum absolute atomic E-state index is 4.70. The Bertz CT molecular complexity index is 169. The second-order valence-electron chi connectivity index (χ2n) is 2.14. The molecule has 0 atom stereocenters. The highest BCUT2D eigenvalue weighted by atomic mass is 16.5. The highest BCUT2D eigenvalue weighted by Crippen LogP contribution is 1.98. The summed E-state index contributed by atoms with van der Waals surface area (Å²) in [6.07, 6.45) is 0.949. The molecule has 0 aliphatic carbocycles. The molecule has 0 aliphatic heterocycles. The van der Waals surface area contributed by atoms with Gasteiger partial charge in [0.2, 0.25) is 0 Å². The first-order chi connectivity index (χ1) is 4.93. The molecule has 1 aromatic rings. The number of rotatable bonds is 3. The van der Waals surface area contributed by atoms with E-state index in [2.05, 4.69) is 19.2 Å². The summed E-state index contributed by atoms with van der Waals surface area (Å²) in [6, 6.07) is 10.2. The predicted molar refractivity (Wildman–Crippen MR) is 41.5 cm³/mol. The molecular weight excluding hydrogens is 124 g/mol. The van der Waals surface area contributed by atoms with Crippen LogP contribution in [0.2, 0.25) is 0 Å². The van der Waals surface area contributed by atoms with E-state index in [1.54, 1.807) is 0 Å². The van der Waals surface area contributed by atoms with Crippen molar-refractivity contribution >= 4 is 0 Å². The second-order valence-corrected chi connectivity index (χ2v) is 2.14. The van der Waals surface area contributed by atoms with Crippen LogP contribution in [0, 0.1) is 7.11 Å². The molecule has 10 heavy (non-hydrogen) atoms. The van der Waals surface area contributed by atoms with Crippen molar-refractivity contribution in [1.29, 1.82) is 0 Å². The van der Waals surface area contributed by atoms with Gasteiger partial charge in [-0.15, -0.1) is 0 Å². The number of benzene rings is 1. The molecule has 0 heterocycles. The van der Waals surface area contributed by atoms with Gasteiger partial charge >= 0.3 is 0 Å². The van der Waals surface area contributed by atoms with Crippen molar-refractivity contribution in [1.82, 2.24) is 0 Å². The average molecular weight is 135 g/mol. The number of hydrogen-bond acceptors (Lipinski definition) is 1. The van der Waals surface area contributed by atoms with Crippen molar-refractivity contribution in [3.05, 3.63) is 43.0 Å². The Balaban J connectivity index is 2.43. The molecule has 53 valence electrons. The van der Waals surface area contributed by atoms with E-state index in [-0.39, 0.29) is 0 Å². The Labute approximate surface area is 61.6 Å². The largest absolute Gasteiger partial charge is 0.379 e. The van der Waals surface area contributed by atoms with Crippen molar-refractivity contribution in [2.24, 2.45) is 0 Å². The van der Waals surface area contributed by atoms with Crippen molar-refractivity contribution in [3.63, 3.8) is 0 Å². The van der Waals surface area contributed by atoms with Crippen molar-refractivity contribution in [2.45, 2.75) is 6.42 Å². The van der Waals surface area contributed by atoms with E-state index >= 15 is 0 Å². The monoisotopic (exact) mass is 135 g/mol. The lowest BCUT2D eigenvalue weighted by molar-refractivity contribution is 0.246. The summed E-state index contributed by atoms with van der Waals surface area (Å²) >= 11 is 0. The van der Waals surface area contributed by atoms with E-state index in [9.17, 15) is 0 Å². The van der Waals surface area contributed by atoms with E-state index in [1.807, 2.05) is 18.2 Å². The van der Waals surface area contributed by atoms with Crippen LogP contribution in [0.15, 0.2) is 30.3 Å². The number of hydrogen-bond donors (Lipinski definition) is 0. The fraction of sp³-hybridized carbons (Fsp3) is 0.222. The molecule has 0 bridgehead atoms. The SMILES string of the molecule is [CH2]OCCc1ccccc1. The standard InChI is InChI=1S/C9H11O/c1-10-8-7-9-5-3-2-4-6-9/h2-6H,1,7-8H2. The van der Waals surface area contributed by atoms with Gasteiger partial charge in [-0.2, -0.15) is 0 Å². The van der Waals surface area contributed by atoms with Crippen LogP contribution in [0.3, 0.4) is 0 Å². The molecule has 1 radical (unpaired) electrons. The minimum Gasteiger partial charge on any atom is -0.379 e. The third kappa shape index (κ3) is 2.19. The van der Waals surface area contributed by atoms with Gasteiger partial charge in [0.1, 0.15) is 0 Å². The maximum Gasteiger partial charge on any atom is 0.0700 e. The minimum atomic E-state index is 0.698. The molecule has 0 N–H and O–H groups in total. The van der Waals surface area contributed by atoms with Gasteiger partial charge in [-0.3, -0.25) is 0 Å². The Kier molecular flexibility index (Phi) is 2.97. The average Bonchev–Trinajstić information content (AvgIpc) is 2.03. The third-order valence-electron chi connectivity index (χ3n) is 1.38. The van der Waals surface area contributed by atoms with Gasteiger partial charge < -0.3 is 4.74 Å². The lowest BCUT2D eigenvalue weighted by atomic mass is 10.2. The van der Waals surface area contributed by atoms with Gasteiger partial charge in [-0.05, 0) is 12.0 Å². The first-order valence-electron chi connectivity index (χ1n) is 3.34. The number of ether oxygens (including phenoxy) is 1. The van der Waals surface area contributed by atoms with Crippen LogP contribution in [0.1, 0.15) is 5.56 Å². The summed E-state index contributed by atoms with van der Waals surface area (Å²) in [5, 5.41) is 0. The van der Waals surface area contributed by atoms with E-state index in [0.717, 1.165) is 6.42 Å². The van der Waals surface area contributed by atoms with Gasteiger partial charge in [-0.1, -0.05) is 30.3 Å². The molecule has 1 heteroatoms. The molecule has 0 fully saturated rings. The summed E-state index contributed by atoms with van der Waals surface area (Å²) in [4.78, 5) is 0. The molecule has 1 aromatic carbocycles. The van der Waals surface area contributed by atoms with E-state index < -0.39 is 0 Å². The van der Waals surface area contributed by atoms with Crippen molar-refractivity contribution in [2.75, 3.05) is 6.61 Å². The van der Waals surface area contributed by atoms with Gasteiger partial charge in [0.05, 0.1) is 13.7 Å². The summed E-state index contributed by atoms with van der Waals surface area (Å²) in [5.74, 6) is 0. The van der Waals surface area contributed by atoms with Crippen LogP contribution >= 0.6 is 0 Å². The van der Waals surface area contributed by atoms with Crippen LogP contribution in [0.25, 0.3) is 0 Å². The first-order valence-corrected chi connectivity index (χ1v) is 3.34. The zero-order valence-electron chi connectivity index (χ0n) is 5.92. The maximum atomic E-state index is 4.70. The Hall–Kier alpha value is -0.820. The molecule has 0 amide bonds. The second kappa shape index (κ2) is 4.07. The molecule has 1 nitrogen and oxygen atoms in total. The van der Waals surface area contributed by atoms with Gasteiger partial charge in [-0.25, -0.2) is 0 Å². The first kappa shape index (κ1) is 7.29. The van der Waals surface area contributed by atoms with Crippen LogP contribution in [0.5, 0.6) is 0 Å². The lowest BCUT2D eigenvalue weighted by Crippen LogP contribution is -1.91. The Morgan fingerprint density at radius 1 is 1.20 bits per heavy atom. The van der Waals surface area contributed by atoms with E-state index in [4.69, 9.17) is 4.74 Å². The fourth-order valence-electron chi connectivity index (χ4n) is 0.835. The van der Waals surface area contributed by atoms with Crippen LogP contribution in [0.4, 0.5) is 0 Å². The zero-order chi connectivity index (χ0) is 7.23. The predicted octanol–water partition coefficient (Wildman–Crippen LogP) is 2.04. The summed E-state index contributed by atoms with van der Waals surface area (Å²) in [6.45, 7) is 0.698. The fourth-order valence-corrected chi connectivity index (χ4v) is 0.835. The van der Waals surface area contributed by atoms with Crippen LogP contribution in [-0.4, -0.2) is 6.61 Å². The van der Waals surface area contributed by atoms with Crippen LogP contribution < -0.4 is 0 Å². The quantitative estimate of drug-likeness (QED) is 0.616. The van der Waals surface area contributed by atoms with Crippen molar-refractivity contribution < 1.29 is 4.74 Å². The smallest absolute Gasteiger partial charge is 0.0700 e. The minimum absolute atomic E-state index is 0.698. The molecular formula is C9H11O. The summed E-state index contributed by atoms with van der Waals surface area (Å²) in [5.41, 5.74) is 1.30. The molecule has 0 unspecified atom stereocenters. The molecule has 0 aliphatic rings. The van der Waals surface area contributed by atoms with Crippen molar-refractivity contribution in [3.8, 4) is 0 Å². The molecule has 0 aromatic heterocycles. The topological polar surface area (TPSA) is 9.23 Å². The summed E-state index contributed by atoms with van der Waals surface area (Å²) < 4.78 is 4.70. The normalized spacial score (nSPS) is 9.70. The third-order valence-corrected chi connectivity index (χ3v) is 1.38. The molecule has 0 spiro atoms. The highest BCUT2D eigenvalue weighted by molar-refractivity contribution is 5.14. The Morgan fingerprint density at radius 3 is 2.50 bits per heavy atom. The van der Waals surface area contributed by atoms with Gasteiger partial charge in [0.25, 0.3) is 0 Å². The molecule has 0 saturated carbocycles. The highest BCUT2D eigenvalue weighted by Gasteiger charge is 1.87. The zero-order valence-corrected chi connectivity index (χ0v) is 5.92.